The Hall–Kier alpha value is -0.840. The quantitative estimate of drug-likeness (QED) is 0.412. The van der Waals surface area contributed by atoms with Gasteiger partial charge < -0.3 is 10.5 Å². The first kappa shape index (κ1) is 19.5. The molecule has 130 valence electrons. The molecule has 0 aliphatic heterocycles. The molecule has 2 aromatic rings. The highest BCUT2D eigenvalue weighted by Gasteiger charge is 2.12. The third-order valence-electron chi connectivity index (χ3n) is 3.97. The molecule has 0 aliphatic rings. The molecule has 0 radical (unpaired) electrons. The van der Waals surface area contributed by atoms with Crippen molar-refractivity contribution >= 4 is 31.9 Å². The van der Waals surface area contributed by atoms with E-state index in [2.05, 4.69) is 50.1 Å². The molecular weight excluding hydrogens is 430 g/mol. The summed E-state index contributed by atoms with van der Waals surface area (Å²) in [6, 6.07) is 14.4. The van der Waals surface area contributed by atoms with Crippen LogP contribution in [-0.2, 0) is 0 Å². The zero-order valence-electron chi connectivity index (χ0n) is 13.9. The molecule has 0 saturated heterocycles. The smallest absolute Gasteiger partial charge is 0.134 e. The molecule has 0 atom stereocenters. The Morgan fingerprint density at radius 1 is 0.792 bits per heavy atom. The van der Waals surface area contributed by atoms with E-state index in [1.165, 1.54) is 31.2 Å². The Bertz CT molecular complexity index is 617. The van der Waals surface area contributed by atoms with Gasteiger partial charge in [-0.25, -0.2) is 0 Å². The summed E-state index contributed by atoms with van der Waals surface area (Å²) in [7, 11) is 0. The van der Waals surface area contributed by atoms with Crippen molar-refractivity contribution in [2.45, 2.75) is 38.5 Å². The molecule has 2 rings (SSSR count). The Morgan fingerprint density at radius 2 is 1.46 bits per heavy atom. The summed E-state index contributed by atoms with van der Waals surface area (Å²) in [5, 5.41) is 0. The van der Waals surface area contributed by atoms with Crippen molar-refractivity contribution in [2.24, 2.45) is 5.73 Å². The fourth-order valence-corrected chi connectivity index (χ4v) is 4.16. The number of unbranched alkanes of at least 4 members (excludes halogenated alkanes) is 5. The monoisotopic (exact) mass is 453 g/mol. The molecular formula is C20H25Br2NO. The summed E-state index contributed by atoms with van der Waals surface area (Å²) in [6.45, 7) is 1.57. The van der Waals surface area contributed by atoms with Crippen LogP contribution in [0.3, 0.4) is 0 Å². The van der Waals surface area contributed by atoms with Gasteiger partial charge in [-0.2, -0.15) is 0 Å². The van der Waals surface area contributed by atoms with Crippen molar-refractivity contribution in [1.29, 1.82) is 0 Å². The van der Waals surface area contributed by atoms with E-state index in [0.29, 0.717) is 0 Å². The topological polar surface area (TPSA) is 35.2 Å². The molecule has 0 saturated carbocycles. The van der Waals surface area contributed by atoms with Crippen LogP contribution in [0.4, 0.5) is 0 Å². The zero-order chi connectivity index (χ0) is 17.2. The highest BCUT2D eigenvalue weighted by atomic mass is 79.9. The van der Waals surface area contributed by atoms with Gasteiger partial charge in [-0.3, -0.25) is 0 Å². The second-order valence-electron chi connectivity index (χ2n) is 5.86. The largest absolute Gasteiger partial charge is 0.492 e. The van der Waals surface area contributed by atoms with Gasteiger partial charge in [0, 0.05) is 10.0 Å². The molecule has 2 N–H and O–H groups in total. The second-order valence-corrected chi connectivity index (χ2v) is 7.51. The molecule has 0 heterocycles. The summed E-state index contributed by atoms with van der Waals surface area (Å²) in [5.74, 6) is 0.903. The highest BCUT2D eigenvalue weighted by molar-refractivity contribution is 9.11. The molecule has 0 aliphatic carbocycles. The lowest BCUT2D eigenvalue weighted by atomic mass is 10.1. The van der Waals surface area contributed by atoms with E-state index in [4.69, 9.17) is 10.5 Å². The lowest BCUT2D eigenvalue weighted by Gasteiger charge is -2.13. The molecule has 0 unspecified atom stereocenters. The number of halogens is 2. The number of benzene rings is 2. The SMILES string of the molecule is NCCCCCCCCOc1ccc(Br)c(-c2ccccc2)c1Br. The van der Waals surface area contributed by atoms with Gasteiger partial charge in [-0.1, -0.05) is 71.9 Å². The lowest BCUT2D eigenvalue weighted by molar-refractivity contribution is 0.302. The predicted molar refractivity (Wildman–Crippen MR) is 110 cm³/mol. The molecule has 2 nitrogen and oxygen atoms in total. The molecule has 0 fully saturated rings. The van der Waals surface area contributed by atoms with Crippen LogP contribution in [0.25, 0.3) is 11.1 Å². The average Bonchev–Trinajstić information content (AvgIpc) is 2.60. The highest BCUT2D eigenvalue weighted by Crippen LogP contribution is 2.40. The van der Waals surface area contributed by atoms with Gasteiger partial charge in [0.15, 0.2) is 0 Å². The van der Waals surface area contributed by atoms with Crippen LogP contribution in [0.2, 0.25) is 0 Å². The van der Waals surface area contributed by atoms with Crippen molar-refractivity contribution < 1.29 is 4.74 Å². The van der Waals surface area contributed by atoms with Crippen molar-refractivity contribution in [3.63, 3.8) is 0 Å². The van der Waals surface area contributed by atoms with Crippen molar-refractivity contribution in [3.8, 4) is 16.9 Å². The minimum Gasteiger partial charge on any atom is -0.492 e. The standard InChI is InChI=1S/C20H25Br2NO/c21-17-12-13-18(24-15-9-4-2-1-3-8-14-23)20(22)19(17)16-10-6-5-7-11-16/h5-7,10-13H,1-4,8-9,14-15,23H2. The summed E-state index contributed by atoms with van der Waals surface area (Å²) >= 11 is 7.36. The second kappa shape index (κ2) is 10.9. The Balaban J connectivity index is 1.88. The van der Waals surface area contributed by atoms with Gasteiger partial charge in [-0.05, 0) is 53.0 Å². The summed E-state index contributed by atoms with van der Waals surface area (Å²) in [6.07, 6.45) is 7.23. The fraction of sp³-hybridized carbons (Fsp3) is 0.400. The van der Waals surface area contributed by atoms with Crippen molar-refractivity contribution in [3.05, 3.63) is 51.4 Å². The Kier molecular flexibility index (Phi) is 8.86. The van der Waals surface area contributed by atoms with Gasteiger partial charge in [0.1, 0.15) is 5.75 Å². The maximum Gasteiger partial charge on any atom is 0.134 e. The number of ether oxygens (including phenoxy) is 1. The molecule has 4 heteroatoms. The first-order chi connectivity index (χ1) is 11.7. The van der Waals surface area contributed by atoms with Crippen LogP contribution in [0, 0.1) is 0 Å². The lowest BCUT2D eigenvalue weighted by Crippen LogP contribution is -1.99. The number of hydrogen-bond donors (Lipinski definition) is 1. The van der Waals surface area contributed by atoms with E-state index < -0.39 is 0 Å². The van der Waals surface area contributed by atoms with Gasteiger partial charge in [0.2, 0.25) is 0 Å². The third-order valence-corrected chi connectivity index (χ3v) is 5.42. The van der Waals surface area contributed by atoms with Gasteiger partial charge in [-0.15, -0.1) is 0 Å². The van der Waals surface area contributed by atoms with Crippen molar-refractivity contribution in [2.75, 3.05) is 13.2 Å². The van der Waals surface area contributed by atoms with Crippen LogP contribution >= 0.6 is 31.9 Å². The summed E-state index contributed by atoms with van der Waals surface area (Å²) in [4.78, 5) is 0. The molecule has 24 heavy (non-hydrogen) atoms. The third kappa shape index (κ3) is 5.91. The normalized spacial score (nSPS) is 10.8. The first-order valence-corrected chi connectivity index (χ1v) is 10.2. The van der Waals surface area contributed by atoms with Gasteiger partial charge >= 0.3 is 0 Å². The van der Waals surface area contributed by atoms with E-state index in [1.54, 1.807) is 0 Å². The molecule has 0 spiro atoms. The summed E-state index contributed by atoms with van der Waals surface area (Å²) < 4.78 is 8.06. The minimum absolute atomic E-state index is 0.755. The van der Waals surface area contributed by atoms with Gasteiger partial charge in [0.25, 0.3) is 0 Å². The minimum atomic E-state index is 0.755. The van der Waals surface area contributed by atoms with Crippen LogP contribution in [0.15, 0.2) is 51.4 Å². The van der Waals surface area contributed by atoms with E-state index in [0.717, 1.165) is 46.3 Å². The molecule has 2 aromatic carbocycles. The maximum absolute atomic E-state index is 5.99. The number of hydrogen-bond acceptors (Lipinski definition) is 2. The van der Waals surface area contributed by atoms with Crippen LogP contribution < -0.4 is 10.5 Å². The number of rotatable bonds is 10. The number of nitrogens with two attached hydrogens (primary N) is 1. The molecule has 0 bridgehead atoms. The molecule has 0 aromatic heterocycles. The van der Waals surface area contributed by atoms with Gasteiger partial charge in [0.05, 0.1) is 11.1 Å². The zero-order valence-corrected chi connectivity index (χ0v) is 17.1. The fourth-order valence-electron chi connectivity index (χ4n) is 2.65. The summed E-state index contributed by atoms with van der Waals surface area (Å²) in [5.41, 5.74) is 7.81. The van der Waals surface area contributed by atoms with Crippen LogP contribution in [0.5, 0.6) is 5.75 Å². The Morgan fingerprint density at radius 3 is 2.17 bits per heavy atom. The van der Waals surface area contributed by atoms with E-state index in [9.17, 15) is 0 Å². The van der Waals surface area contributed by atoms with E-state index in [1.807, 2.05) is 24.3 Å². The van der Waals surface area contributed by atoms with E-state index >= 15 is 0 Å². The average molecular weight is 455 g/mol. The van der Waals surface area contributed by atoms with Crippen LogP contribution in [0.1, 0.15) is 38.5 Å². The molecule has 0 amide bonds. The Labute approximate surface area is 162 Å². The maximum atomic E-state index is 5.99. The van der Waals surface area contributed by atoms with Crippen LogP contribution in [-0.4, -0.2) is 13.2 Å². The van der Waals surface area contributed by atoms with Crippen molar-refractivity contribution in [1.82, 2.24) is 0 Å². The predicted octanol–water partition coefficient (Wildman–Crippen LogP) is 6.56. The van der Waals surface area contributed by atoms with E-state index in [-0.39, 0.29) is 0 Å². The first-order valence-electron chi connectivity index (χ1n) is 8.60.